The van der Waals surface area contributed by atoms with Gasteiger partial charge in [-0.3, -0.25) is 4.98 Å². The van der Waals surface area contributed by atoms with Gasteiger partial charge in [0.15, 0.2) is 17.3 Å². The fourth-order valence-corrected chi connectivity index (χ4v) is 4.29. The van der Waals surface area contributed by atoms with Gasteiger partial charge < -0.3 is 30.3 Å². The summed E-state index contributed by atoms with van der Waals surface area (Å²) in [4.78, 5) is 38.9. The van der Waals surface area contributed by atoms with Crippen molar-refractivity contribution in [1.82, 2.24) is 4.98 Å². The number of nitrogens with zero attached hydrogens (tertiary/aromatic N) is 1. The van der Waals surface area contributed by atoms with Crippen LogP contribution in [-0.4, -0.2) is 40.3 Å². The first-order valence-electron chi connectivity index (χ1n) is 10.3. The van der Waals surface area contributed by atoms with Gasteiger partial charge in [-0.05, 0) is 17.0 Å². The summed E-state index contributed by atoms with van der Waals surface area (Å²) in [6.07, 6.45) is 3.38. The van der Waals surface area contributed by atoms with Crippen LogP contribution in [0.15, 0.2) is 54.2 Å². The lowest BCUT2D eigenvalue weighted by Crippen LogP contribution is -2.21. The van der Waals surface area contributed by atoms with Gasteiger partial charge in [-0.15, -0.1) is 11.3 Å². The van der Waals surface area contributed by atoms with Crippen molar-refractivity contribution in [2.24, 2.45) is 0 Å². The van der Waals surface area contributed by atoms with E-state index in [0.717, 1.165) is 22.4 Å². The Bertz CT molecular complexity index is 1480. The molecule has 4 N–H and O–H groups in total. The van der Waals surface area contributed by atoms with Crippen LogP contribution in [0.2, 0.25) is 0 Å². The SMILES string of the molecule is COc1cc(F)c(NC(=O)Nc2csc(C(=O)O)c2C(=O)O)cc1OCc1cccc2ccncc12. The summed E-state index contributed by atoms with van der Waals surface area (Å²) in [5.74, 6) is -3.58. The summed E-state index contributed by atoms with van der Waals surface area (Å²) in [6.45, 7) is 0.103. The minimum atomic E-state index is -1.53. The number of hydrogen-bond donors (Lipinski definition) is 4. The minimum absolute atomic E-state index is 0.0916. The maximum atomic E-state index is 14.6. The van der Waals surface area contributed by atoms with E-state index in [1.807, 2.05) is 24.3 Å². The van der Waals surface area contributed by atoms with Crippen LogP contribution < -0.4 is 20.1 Å². The molecule has 0 radical (unpaired) electrons. The molecule has 4 aromatic rings. The summed E-state index contributed by atoms with van der Waals surface area (Å²) in [5, 5.41) is 26.0. The fourth-order valence-electron chi connectivity index (χ4n) is 3.46. The van der Waals surface area contributed by atoms with Gasteiger partial charge in [0.05, 0.1) is 18.5 Å². The second-order valence-corrected chi connectivity index (χ2v) is 8.21. The first kappa shape index (κ1) is 24.4. The summed E-state index contributed by atoms with van der Waals surface area (Å²) in [7, 11) is 1.34. The standard InChI is InChI=1S/C24H18FN3O7S/c1-34-18-7-15(25)16(27-24(33)28-17-11-36-21(23(31)32)20(17)22(29)30)8-19(18)35-10-13-4-2-3-12-5-6-26-9-14(12)13/h2-9,11H,10H2,1H3,(H,29,30)(H,31,32)(H2,27,28,33). The molecule has 10 nitrogen and oxygen atoms in total. The highest BCUT2D eigenvalue weighted by molar-refractivity contribution is 7.13. The van der Waals surface area contributed by atoms with Crippen LogP contribution in [0.25, 0.3) is 10.8 Å². The van der Waals surface area contributed by atoms with Crippen molar-refractivity contribution in [2.45, 2.75) is 6.61 Å². The van der Waals surface area contributed by atoms with Crippen LogP contribution in [0, 0.1) is 5.82 Å². The monoisotopic (exact) mass is 511 g/mol. The molecule has 0 unspecified atom stereocenters. The fraction of sp³-hybridized carbons (Fsp3) is 0.0833. The predicted molar refractivity (Wildman–Crippen MR) is 130 cm³/mol. The van der Waals surface area contributed by atoms with Crippen molar-refractivity contribution >= 4 is 51.5 Å². The van der Waals surface area contributed by atoms with Crippen LogP contribution in [0.4, 0.5) is 20.6 Å². The topological polar surface area (TPSA) is 147 Å². The van der Waals surface area contributed by atoms with Gasteiger partial charge in [0.25, 0.3) is 0 Å². The molecule has 0 bridgehead atoms. The average Bonchev–Trinajstić information content (AvgIpc) is 3.28. The second kappa shape index (κ2) is 10.3. The van der Waals surface area contributed by atoms with Crippen molar-refractivity contribution in [2.75, 3.05) is 17.7 Å². The molecular formula is C24H18FN3O7S. The number of hydrogen-bond acceptors (Lipinski definition) is 7. The van der Waals surface area contributed by atoms with E-state index in [9.17, 15) is 23.9 Å². The number of carboxylic acid groups (broad SMARTS) is 2. The Morgan fingerprint density at radius 2 is 1.83 bits per heavy atom. The van der Waals surface area contributed by atoms with E-state index in [1.54, 1.807) is 12.4 Å². The molecule has 0 saturated heterocycles. The molecule has 0 saturated carbocycles. The number of nitrogens with one attached hydrogen (secondary N) is 2. The number of thiophene rings is 1. The van der Waals surface area contributed by atoms with E-state index in [2.05, 4.69) is 15.6 Å². The first-order valence-corrected chi connectivity index (χ1v) is 11.1. The number of benzene rings is 2. The molecule has 0 aliphatic rings. The smallest absolute Gasteiger partial charge is 0.346 e. The van der Waals surface area contributed by atoms with Crippen molar-refractivity contribution < 1.29 is 38.5 Å². The molecule has 36 heavy (non-hydrogen) atoms. The molecular weight excluding hydrogens is 493 g/mol. The number of ether oxygens (including phenoxy) is 2. The molecule has 0 fully saturated rings. The summed E-state index contributed by atoms with van der Waals surface area (Å²) in [5.41, 5.74) is -0.260. The van der Waals surface area contributed by atoms with Gasteiger partial charge in [0.2, 0.25) is 0 Å². The van der Waals surface area contributed by atoms with Crippen LogP contribution in [0.1, 0.15) is 25.6 Å². The van der Waals surface area contributed by atoms with Crippen molar-refractivity contribution in [1.29, 1.82) is 0 Å². The lowest BCUT2D eigenvalue weighted by Gasteiger charge is -2.15. The summed E-state index contributed by atoms with van der Waals surface area (Å²) < 4.78 is 25.7. The first-order chi connectivity index (χ1) is 17.3. The van der Waals surface area contributed by atoms with Gasteiger partial charge >= 0.3 is 18.0 Å². The van der Waals surface area contributed by atoms with Gasteiger partial charge in [-0.2, -0.15) is 0 Å². The highest BCUT2D eigenvalue weighted by Crippen LogP contribution is 2.34. The van der Waals surface area contributed by atoms with E-state index >= 15 is 0 Å². The van der Waals surface area contributed by atoms with Crippen molar-refractivity contribution in [3.63, 3.8) is 0 Å². The molecule has 184 valence electrons. The summed E-state index contributed by atoms with van der Waals surface area (Å²) in [6, 6.07) is 8.80. The molecule has 0 aliphatic heterocycles. The van der Waals surface area contributed by atoms with Gasteiger partial charge in [0, 0.05) is 35.3 Å². The van der Waals surface area contributed by atoms with Crippen LogP contribution >= 0.6 is 11.3 Å². The van der Waals surface area contributed by atoms with Crippen LogP contribution in [0.3, 0.4) is 0 Å². The highest BCUT2D eigenvalue weighted by atomic mass is 32.1. The van der Waals surface area contributed by atoms with Crippen molar-refractivity contribution in [3.05, 3.63) is 76.0 Å². The molecule has 2 aromatic carbocycles. The zero-order chi connectivity index (χ0) is 25.8. The minimum Gasteiger partial charge on any atom is -0.493 e. The lowest BCUT2D eigenvalue weighted by molar-refractivity contribution is 0.0657. The number of amides is 2. The van der Waals surface area contributed by atoms with E-state index < -0.39 is 34.2 Å². The van der Waals surface area contributed by atoms with Gasteiger partial charge in [-0.25, -0.2) is 18.8 Å². The Balaban J connectivity index is 1.55. The molecule has 0 aliphatic carbocycles. The third kappa shape index (κ3) is 5.03. The van der Waals surface area contributed by atoms with E-state index in [4.69, 9.17) is 14.6 Å². The summed E-state index contributed by atoms with van der Waals surface area (Å²) >= 11 is 0.639. The number of fused-ring (bicyclic) bond motifs is 1. The second-order valence-electron chi connectivity index (χ2n) is 7.33. The average molecular weight is 511 g/mol. The maximum absolute atomic E-state index is 14.6. The number of rotatable bonds is 8. The van der Waals surface area contributed by atoms with E-state index in [0.29, 0.717) is 11.3 Å². The van der Waals surface area contributed by atoms with E-state index in [1.165, 1.54) is 18.6 Å². The normalized spacial score (nSPS) is 10.6. The largest absolute Gasteiger partial charge is 0.493 e. The molecule has 0 spiro atoms. The molecule has 12 heteroatoms. The van der Waals surface area contributed by atoms with Crippen molar-refractivity contribution in [3.8, 4) is 11.5 Å². The number of aromatic nitrogens is 1. The van der Waals surface area contributed by atoms with E-state index in [-0.39, 0.29) is 29.5 Å². The lowest BCUT2D eigenvalue weighted by atomic mass is 10.1. The zero-order valence-electron chi connectivity index (χ0n) is 18.6. The Hall–Kier alpha value is -4.71. The van der Waals surface area contributed by atoms with Crippen LogP contribution in [0.5, 0.6) is 11.5 Å². The quantitative estimate of drug-likeness (QED) is 0.257. The number of carboxylic acids is 2. The number of aromatic carboxylic acids is 2. The Morgan fingerprint density at radius 1 is 1.06 bits per heavy atom. The molecule has 0 atom stereocenters. The Morgan fingerprint density at radius 3 is 2.56 bits per heavy atom. The predicted octanol–water partition coefficient (Wildman–Crippen LogP) is 5.06. The van der Waals surface area contributed by atoms with Gasteiger partial charge in [0.1, 0.15) is 17.0 Å². The molecule has 2 heterocycles. The Labute approximate surface area is 206 Å². The molecule has 2 amide bonds. The number of urea groups is 1. The number of carbonyl (C=O) groups excluding carboxylic acids is 1. The number of methoxy groups -OCH3 is 1. The Kier molecular flexibility index (Phi) is 6.97. The third-order valence-corrected chi connectivity index (χ3v) is 6.07. The maximum Gasteiger partial charge on any atom is 0.346 e. The molecule has 4 rings (SSSR count). The number of carbonyl (C=O) groups is 3. The third-order valence-electron chi connectivity index (χ3n) is 5.11. The number of halogens is 1. The zero-order valence-corrected chi connectivity index (χ0v) is 19.4. The molecule has 2 aromatic heterocycles. The number of pyridine rings is 1. The van der Waals surface area contributed by atoms with Gasteiger partial charge in [-0.1, -0.05) is 18.2 Å². The number of anilines is 2. The van der Waals surface area contributed by atoms with Crippen LogP contribution in [-0.2, 0) is 6.61 Å². The highest BCUT2D eigenvalue weighted by Gasteiger charge is 2.24.